The van der Waals surface area contributed by atoms with Crippen LogP contribution in [0.5, 0.6) is 0 Å². The molecule has 0 spiro atoms. The molecule has 0 radical (unpaired) electrons. The fourth-order valence-corrected chi connectivity index (χ4v) is 3.01. The number of fused-ring (bicyclic) bond motifs is 1. The summed E-state index contributed by atoms with van der Waals surface area (Å²) >= 11 is 1.47. The maximum Gasteiger partial charge on any atom is 0.151 e. The molecule has 3 aromatic rings. The highest BCUT2D eigenvalue weighted by Gasteiger charge is 2.18. The largest absolute Gasteiger partial charge is 0.391 e. The summed E-state index contributed by atoms with van der Waals surface area (Å²) in [5.74, 6) is 0.486. The van der Waals surface area contributed by atoms with Crippen molar-refractivity contribution in [3.63, 3.8) is 0 Å². The smallest absolute Gasteiger partial charge is 0.151 e. The molecule has 0 amide bonds. The molecule has 0 aliphatic rings. The van der Waals surface area contributed by atoms with Crippen molar-refractivity contribution in [1.29, 1.82) is 0 Å². The van der Waals surface area contributed by atoms with Gasteiger partial charge >= 0.3 is 0 Å². The normalized spacial score (nSPS) is 11.6. The van der Waals surface area contributed by atoms with Gasteiger partial charge in [-0.05, 0) is 38.1 Å². The lowest BCUT2D eigenvalue weighted by Crippen LogP contribution is -2.02. The van der Waals surface area contributed by atoms with Gasteiger partial charge in [0.2, 0.25) is 0 Å². The average molecular weight is 275 g/mol. The van der Waals surface area contributed by atoms with E-state index in [-0.39, 0.29) is 11.9 Å². The first-order valence-corrected chi connectivity index (χ1v) is 6.91. The van der Waals surface area contributed by atoms with Gasteiger partial charge in [0.15, 0.2) is 11.6 Å². The van der Waals surface area contributed by atoms with Crippen LogP contribution in [0.1, 0.15) is 19.9 Å². The molecule has 5 heteroatoms. The molecule has 98 valence electrons. The number of thiophene rings is 1. The van der Waals surface area contributed by atoms with Gasteiger partial charge in [-0.15, -0.1) is 11.3 Å². The van der Waals surface area contributed by atoms with Gasteiger partial charge in [-0.25, -0.2) is 9.37 Å². The lowest BCUT2D eigenvalue weighted by atomic mass is 10.3. The molecule has 19 heavy (non-hydrogen) atoms. The molecular weight excluding hydrogens is 261 g/mol. The Morgan fingerprint density at radius 2 is 2.05 bits per heavy atom. The Balaban J connectivity index is 2.35. The molecule has 0 atom stereocenters. The summed E-state index contributed by atoms with van der Waals surface area (Å²) in [5.41, 5.74) is 7.01. The third kappa shape index (κ3) is 1.90. The summed E-state index contributed by atoms with van der Waals surface area (Å²) in [6, 6.07) is 9.02. The Kier molecular flexibility index (Phi) is 2.78. The molecule has 2 aromatic heterocycles. The van der Waals surface area contributed by atoms with Crippen LogP contribution in [-0.2, 0) is 0 Å². The van der Waals surface area contributed by atoms with Gasteiger partial charge in [0, 0.05) is 6.04 Å². The molecule has 0 bridgehead atoms. The number of anilines is 1. The monoisotopic (exact) mass is 275 g/mol. The van der Waals surface area contributed by atoms with Crippen molar-refractivity contribution in [3.8, 4) is 10.7 Å². The van der Waals surface area contributed by atoms with Crippen molar-refractivity contribution < 1.29 is 4.39 Å². The van der Waals surface area contributed by atoms with Crippen LogP contribution in [0.4, 0.5) is 9.39 Å². The fraction of sp³-hybridized carbons (Fsp3) is 0.214. The zero-order valence-electron chi connectivity index (χ0n) is 10.7. The number of aromatic nitrogens is 2. The van der Waals surface area contributed by atoms with Gasteiger partial charge in [0.05, 0.1) is 15.4 Å². The number of nitrogen functional groups attached to an aromatic ring is 1. The molecule has 2 N–H and O–H groups in total. The van der Waals surface area contributed by atoms with Gasteiger partial charge in [0.25, 0.3) is 0 Å². The van der Waals surface area contributed by atoms with Gasteiger partial charge in [-0.3, -0.25) is 0 Å². The summed E-state index contributed by atoms with van der Waals surface area (Å²) in [5, 5.41) is 0.734. The van der Waals surface area contributed by atoms with E-state index in [1.165, 1.54) is 17.4 Å². The quantitative estimate of drug-likeness (QED) is 0.766. The van der Waals surface area contributed by atoms with Gasteiger partial charge in [-0.2, -0.15) is 0 Å². The third-order valence-corrected chi connectivity index (χ3v) is 3.94. The number of nitrogens with zero attached hydrogens (tertiary/aromatic N) is 2. The summed E-state index contributed by atoms with van der Waals surface area (Å²) < 4.78 is 15.9. The summed E-state index contributed by atoms with van der Waals surface area (Å²) in [4.78, 5) is 5.42. The van der Waals surface area contributed by atoms with Crippen molar-refractivity contribution in [1.82, 2.24) is 9.55 Å². The number of hydrogen-bond donors (Lipinski definition) is 1. The second-order valence-electron chi connectivity index (χ2n) is 4.71. The average Bonchev–Trinajstić information content (AvgIpc) is 2.93. The first-order chi connectivity index (χ1) is 9.08. The zero-order chi connectivity index (χ0) is 13.6. The number of imidazole rings is 1. The second-order valence-corrected chi connectivity index (χ2v) is 5.82. The third-order valence-electron chi connectivity index (χ3n) is 3.03. The Bertz CT molecular complexity index is 742. The molecule has 0 unspecified atom stereocenters. The van der Waals surface area contributed by atoms with E-state index in [4.69, 9.17) is 5.73 Å². The van der Waals surface area contributed by atoms with Crippen LogP contribution in [0, 0.1) is 5.82 Å². The van der Waals surface area contributed by atoms with E-state index >= 15 is 0 Å². The minimum Gasteiger partial charge on any atom is -0.391 e. The van der Waals surface area contributed by atoms with Crippen LogP contribution in [-0.4, -0.2) is 9.55 Å². The number of benzene rings is 1. The minimum absolute atomic E-state index is 0.199. The van der Waals surface area contributed by atoms with E-state index in [9.17, 15) is 4.39 Å². The lowest BCUT2D eigenvalue weighted by molar-refractivity contribution is 0.623. The minimum atomic E-state index is -0.289. The number of rotatable bonds is 2. The van der Waals surface area contributed by atoms with Crippen LogP contribution in [0.2, 0.25) is 0 Å². The van der Waals surface area contributed by atoms with Crippen LogP contribution in [0.15, 0.2) is 30.3 Å². The number of hydrogen-bond acceptors (Lipinski definition) is 3. The van der Waals surface area contributed by atoms with E-state index in [0.29, 0.717) is 5.52 Å². The van der Waals surface area contributed by atoms with Gasteiger partial charge in [-0.1, -0.05) is 6.07 Å². The lowest BCUT2D eigenvalue weighted by Gasteiger charge is -2.11. The van der Waals surface area contributed by atoms with Crippen molar-refractivity contribution in [2.24, 2.45) is 0 Å². The van der Waals surface area contributed by atoms with E-state index in [1.807, 2.05) is 22.8 Å². The fourth-order valence-electron chi connectivity index (χ4n) is 2.25. The predicted octanol–water partition coefficient (Wildman–Crippen LogP) is 4.07. The predicted molar refractivity (Wildman–Crippen MR) is 77.8 cm³/mol. The van der Waals surface area contributed by atoms with Crippen molar-refractivity contribution in [2.45, 2.75) is 19.9 Å². The van der Waals surface area contributed by atoms with Gasteiger partial charge in [0.1, 0.15) is 5.52 Å². The topological polar surface area (TPSA) is 43.8 Å². The van der Waals surface area contributed by atoms with Crippen LogP contribution < -0.4 is 5.73 Å². The molecule has 3 nitrogen and oxygen atoms in total. The highest BCUT2D eigenvalue weighted by molar-refractivity contribution is 7.19. The van der Waals surface area contributed by atoms with E-state index in [2.05, 4.69) is 18.8 Å². The maximum atomic E-state index is 13.9. The first kappa shape index (κ1) is 12.2. The molecule has 0 aliphatic carbocycles. The van der Waals surface area contributed by atoms with Crippen LogP contribution in [0.25, 0.3) is 21.7 Å². The van der Waals surface area contributed by atoms with E-state index < -0.39 is 0 Å². The highest BCUT2D eigenvalue weighted by Crippen LogP contribution is 2.34. The van der Waals surface area contributed by atoms with Crippen LogP contribution in [0.3, 0.4) is 0 Å². The maximum absolute atomic E-state index is 13.9. The van der Waals surface area contributed by atoms with E-state index in [0.717, 1.165) is 21.2 Å². The number of nitrogens with two attached hydrogens (primary N) is 1. The van der Waals surface area contributed by atoms with Crippen molar-refractivity contribution in [3.05, 3.63) is 36.1 Å². The molecular formula is C14H14FN3S. The molecule has 3 rings (SSSR count). The second kappa shape index (κ2) is 4.35. The Labute approximate surface area is 114 Å². The Hall–Kier alpha value is -1.88. The zero-order valence-corrected chi connectivity index (χ0v) is 11.5. The standard InChI is InChI=1S/C14H14FN3S/c1-8(2)18-10-5-3-4-9(15)13(10)17-14(18)11-6-7-12(16)19-11/h3-8H,16H2,1-2H3. The Morgan fingerprint density at radius 1 is 1.26 bits per heavy atom. The summed E-state index contributed by atoms with van der Waals surface area (Å²) in [6.45, 7) is 4.12. The van der Waals surface area contributed by atoms with Crippen LogP contribution >= 0.6 is 11.3 Å². The number of halogens is 1. The van der Waals surface area contributed by atoms with E-state index in [1.54, 1.807) is 6.07 Å². The molecule has 2 heterocycles. The Morgan fingerprint density at radius 3 is 2.68 bits per heavy atom. The molecule has 0 saturated carbocycles. The molecule has 1 aromatic carbocycles. The summed E-state index contributed by atoms with van der Waals surface area (Å²) in [6.07, 6.45) is 0. The molecule has 0 aliphatic heterocycles. The molecule has 0 saturated heterocycles. The van der Waals surface area contributed by atoms with Gasteiger partial charge < -0.3 is 10.3 Å². The number of para-hydroxylation sites is 1. The van der Waals surface area contributed by atoms with Crippen molar-refractivity contribution in [2.75, 3.05) is 5.73 Å². The first-order valence-electron chi connectivity index (χ1n) is 6.10. The van der Waals surface area contributed by atoms with Crippen molar-refractivity contribution >= 4 is 27.4 Å². The summed E-state index contributed by atoms with van der Waals surface area (Å²) in [7, 11) is 0. The SMILES string of the molecule is CC(C)n1c(-c2ccc(N)s2)nc2c(F)cccc21. The molecule has 0 fully saturated rings. The highest BCUT2D eigenvalue weighted by atomic mass is 32.1.